The monoisotopic (exact) mass is 431 g/mol. The van der Waals surface area contributed by atoms with Crippen molar-refractivity contribution < 1.29 is 4.39 Å². The molecule has 0 bridgehead atoms. The Bertz CT molecular complexity index is 1320. The van der Waals surface area contributed by atoms with Gasteiger partial charge in [0.25, 0.3) is 5.56 Å². The van der Waals surface area contributed by atoms with Crippen LogP contribution >= 0.6 is 0 Å². The van der Waals surface area contributed by atoms with Crippen LogP contribution in [-0.4, -0.2) is 30.7 Å². The minimum atomic E-state index is -0.249. The smallest absolute Gasteiger partial charge is 0.258 e. The van der Waals surface area contributed by atoms with Crippen LogP contribution < -0.4 is 5.56 Å². The number of rotatable bonds is 6. The van der Waals surface area contributed by atoms with E-state index in [4.69, 9.17) is 5.10 Å². The number of benzene rings is 2. The van der Waals surface area contributed by atoms with Gasteiger partial charge in [0, 0.05) is 18.3 Å². The van der Waals surface area contributed by atoms with E-state index < -0.39 is 0 Å². The number of H-pyrrole nitrogens is 1. The molecule has 1 aliphatic carbocycles. The summed E-state index contributed by atoms with van der Waals surface area (Å²) in [7, 11) is 0. The highest BCUT2D eigenvalue weighted by atomic mass is 19.1. The van der Waals surface area contributed by atoms with Gasteiger partial charge in [-0.3, -0.25) is 9.69 Å². The number of para-hydroxylation sites is 1. The molecule has 0 saturated heterocycles. The van der Waals surface area contributed by atoms with Gasteiger partial charge in [-0.05, 0) is 75.1 Å². The van der Waals surface area contributed by atoms with Gasteiger partial charge in [0.2, 0.25) is 0 Å². The molecule has 2 heterocycles. The van der Waals surface area contributed by atoms with E-state index in [1.54, 1.807) is 18.2 Å². The van der Waals surface area contributed by atoms with Crippen LogP contribution in [-0.2, 0) is 25.9 Å². The van der Waals surface area contributed by atoms with E-state index >= 15 is 0 Å². The van der Waals surface area contributed by atoms with E-state index in [9.17, 15) is 9.18 Å². The third-order valence-corrected chi connectivity index (χ3v) is 6.18. The third kappa shape index (κ3) is 3.84. The predicted molar refractivity (Wildman–Crippen MR) is 122 cm³/mol. The second-order valence-corrected chi connectivity index (χ2v) is 8.64. The summed E-state index contributed by atoms with van der Waals surface area (Å²) < 4.78 is 15.4. The number of aromatic nitrogens is 4. The Kier molecular flexibility index (Phi) is 5.35. The van der Waals surface area contributed by atoms with Crippen molar-refractivity contribution in [3.63, 3.8) is 0 Å². The molecule has 6 nitrogen and oxygen atoms in total. The molecule has 0 saturated carbocycles. The summed E-state index contributed by atoms with van der Waals surface area (Å²) in [6, 6.07) is 14.1. The summed E-state index contributed by atoms with van der Waals surface area (Å²) in [5.41, 5.74) is 5.02. The standard InChI is InChI=1S/C25H26FN5O/c1-16(2)30(15-24-27-21-8-4-3-6-20(21)25(32)28-24)14-22-19-7-5-9-23(19)31(29-22)18-12-10-17(26)11-13-18/h3-4,6,8,10-13,16H,5,7,9,14-15H2,1-2H3,(H,27,28,32). The Morgan fingerprint density at radius 1 is 1.09 bits per heavy atom. The fourth-order valence-electron chi connectivity index (χ4n) is 4.45. The predicted octanol–water partition coefficient (Wildman–Crippen LogP) is 4.15. The van der Waals surface area contributed by atoms with E-state index in [1.165, 1.54) is 23.4 Å². The molecule has 5 rings (SSSR count). The molecule has 164 valence electrons. The summed E-state index contributed by atoms with van der Waals surface area (Å²) in [5, 5.41) is 5.52. The van der Waals surface area contributed by atoms with Crippen molar-refractivity contribution in [1.29, 1.82) is 0 Å². The van der Waals surface area contributed by atoms with Crippen LogP contribution in [0.25, 0.3) is 16.6 Å². The Balaban J connectivity index is 1.46. The summed E-state index contributed by atoms with van der Waals surface area (Å²) in [6.45, 7) is 5.45. The molecular weight excluding hydrogens is 405 g/mol. The fourth-order valence-corrected chi connectivity index (χ4v) is 4.45. The average molecular weight is 432 g/mol. The average Bonchev–Trinajstić information content (AvgIpc) is 3.38. The first kappa shape index (κ1) is 20.6. The summed E-state index contributed by atoms with van der Waals surface area (Å²) in [5.74, 6) is 0.401. The number of fused-ring (bicyclic) bond motifs is 2. The summed E-state index contributed by atoms with van der Waals surface area (Å²) in [4.78, 5) is 22.4. The molecule has 32 heavy (non-hydrogen) atoms. The fraction of sp³-hybridized carbons (Fsp3) is 0.320. The minimum absolute atomic E-state index is 0.115. The molecule has 4 aromatic rings. The van der Waals surface area contributed by atoms with Crippen LogP contribution in [0.1, 0.15) is 43.0 Å². The van der Waals surface area contributed by atoms with E-state index in [0.717, 1.165) is 30.6 Å². The van der Waals surface area contributed by atoms with Gasteiger partial charge in [-0.25, -0.2) is 14.1 Å². The molecule has 0 amide bonds. The molecule has 0 unspecified atom stereocenters. The summed E-state index contributed by atoms with van der Waals surface area (Å²) in [6.07, 6.45) is 3.08. The molecule has 0 radical (unpaired) electrons. The lowest BCUT2D eigenvalue weighted by Gasteiger charge is -2.25. The maximum atomic E-state index is 13.4. The lowest BCUT2D eigenvalue weighted by atomic mass is 10.1. The molecule has 0 spiro atoms. The highest BCUT2D eigenvalue weighted by Crippen LogP contribution is 2.29. The molecule has 0 atom stereocenters. The van der Waals surface area contributed by atoms with Crippen LogP contribution in [0.4, 0.5) is 4.39 Å². The van der Waals surface area contributed by atoms with Gasteiger partial charge in [-0.15, -0.1) is 0 Å². The quantitative estimate of drug-likeness (QED) is 0.498. The maximum Gasteiger partial charge on any atom is 0.258 e. The number of nitrogens with zero attached hydrogens (tertiary/aromatic N) is 4. The van der Waals surface area contributed by atoms with E-state index in [2.05, 4.69) is 28.7 Å². The van der Waals surface area contributed by atoms with Crippen LogP contribution in [0.15, 0.2) is 53.3 Å². The first-order valence-corrected chi connectivity index (χ1v) is 11.1. The van der Waals surface area contributed by atoms with Gasteiger partial charge < -0.3 is 4.98 Å². The molecule has 2 aromatic heterocycles. The van der Waals surface area contributed by atoms with Crippen molar-refractivity contribution in [2.75, 3.05) is 0 Å². The zero-order valence-electron chi connectivity index (χ0n) is 18.3. The number of hydrogen-bond donors (Lipinski definition) is 1. The minimum Gasteiger partial charge on any atom is -0.309 e. The van der Waals surface area contributed by atoms with Crippen LogP contribution in [0.5, 0.6) is 0 Å². The van der Waals surface area contributed by atoms with Crippen molar-refractivity contribution >= 4 is 10.9 Å². The maximum absolute atomic E-state index is 13.4. The zero-order chi connectivity index (χ0) is 22.2. The molecule has 2 aromatic carbocycles. The van der Waals surface area contributed by atoms with Gasteiger partial charge in [0.15, 0.2) is 0 Å². The zero-order valence-corrected chi connectivity index (χ0v) is 18.3. The van der Waals surface area contributed by atoms with Crippen molar-refractivity contribution in [2.24, 2.45) is 0 Å². The molecule has 0 fully saturated rings. The SMILES string of the molecule is CC(C)N(Cc1nc2ccccc2c(=O)[nH]1)Cc1nn(-c2ccc(F)cc2)c2c1CCC2. The Morgan fingerprint density at radius 2 is 1.88 bits per heavy atom. The van der Waals surface area contributed by atoms with Crippen molar-refractivity contribution in [2.45, 2.75) is 52.2 Å². The number of nitrogens with one attached hydrogen (secondary N) is 1. The van der Waals surface area contributed by atoms with Crippen LogP contribution in [0, 0.1) is 5.82 Å². The lowest BCUT2D eigenvalue weighted by Crippen LogP contribution is -2.32. The third-order valence-electron chi connectivity index (χ3n) is 6.18. The van der Waals surface area contributed by atoms with E-state index in [-0.39, 0.29) is 17.4 Å². The van der Waals surface area contributed by atoms with E-state index in [0.29, 0.717) is 29.8 Å². The van der Waals surface area contributed by atoms with Crippen molar-refractivity contribution in [3.05, 3.63) is 87.5 Å². The first-order valence-electron chi connectivity index (χ1n) is 11.1. The van der Waals surface area contributed by atoms with Gasteiger partial charge in [-0.1, -0.05) is 12.1 Å². The molecule has 1 N–H and O–H groups in total. The van der Waals surface area contributed by atoms with E-state index in [1.807, 2.05) is 22.9 Å². The van der Waals surface area contributed by atoms with Crippen molar-refractivity contribution in [1.82, 2.24) is 24.6 Å². The van der Waals surface area contributed by atoms with Crippen molar-refractivity contribution in [3.8, 4) is 5.69 Å². The molecule has 1 aliphatic rings. The number of hydrogen-bond acceptors (Lipinski definition) is 4. The highest BCUT2D eigenvalue weighted by Gasteiger charge is 2.25. The van der Waals surface area contributed by atoms with Crippen LogP contribution in [0.2, 0.25) is 0 Å². The normalized spacial score (nSPS) is 13.4. The molecular formula is C25H26FN5O. The Labute approximate surface area is 185 Å². The Morgan fingerprint density at radius 3 is 2.66 bits per heavy atom. The van der Waals surface area contributed by atoms with Gasteiger partial charge in [0.1, 0.15) is 11.6 Å². The molecule has 7 heteroatoms. The highest BCUT2D eigenvalue weighted by molar-refractivity contribution is 5.77. The second-order valence-electron chi connectivity index (χ2n) is 8.64. The second kappa shape index (κ2) is 8.31. The number of halogens is 1. The molecule has 0 aliphatic heterocycles. The van der Waals surface area contributed by atoms with Gasteiger partial charge in [-0.2, -0.15) is 5.10 Å². The van der Waals surface area contributed by atoms with Gasteiger partial charge in [0.05, 0.1) is 28.8 Å². The van der Waals surface area contributed by atoms with Gasteiger partial charge >= 0.3 is 0 Å². The topological polar surface area (TPSA) is 66.8 Å². The lowest BCUT2D eigenvalue weighted by molar-refractivity contribution is 0.195. The Hall–Kier alpha value is -3.32. The summed E-state index contributed by atoms with van der Waals surface area (Å²) >= 11 is 0. The number of aromatic amines is 1. The first-order chi connectivity index (χ1) is 15.5. The van der Waals surface area contributed by atoms with Crippen LogP contribution in [0.3, 0.4) is 0 Å². The largest absolute Gasteiger partial charge is 0.309 e.